The van der Waals surface area contributed by atoms with E-state index in [0.717, 1.165) is 27.0 Å². The largest absolute Gasteiger partial charge is 0.333 e. The normalized spacial score (nSPS) is 12.8. The van der Waals surface area contributed by atoms with Crippen LogP contribution >= 0.6 is 11.3 Å². The van der Waals surface area contributed by atoms with Gasteiger partial charge in [0.25, 0.3) is 5.91 Å². The lowest BCUT2D eigenvalue weighted by molar-refractivity contribution is -0.129. The zero-order chi connectivity index (χ0) is 22.5. The second-order valence-corrected chi connectivity index (χ2v) is 10.3. The number of likely N-dealkylation sites (N-methyl/N-ethyl adjacent to an activating group) is 1. The predicted octanol–water partition coefficient (Wildman–Crippen LogP) is 4.66. The molecule has 0 spiro atoms. The van der Waals surface area contributed by atoms with E-state index in [-0.39, 0.29) is 12.0 Å². The van der Waals surface area contributed by atoms with E-state index >= 15 is 0 Å². The van der Waals surface area contributed by atoms with Gasteiger partial charge in [0.05, 0.1) is 0 Å². The summed E-state index contributed by atoms with van der Waals surface area (Å²) >= 11 is 1.60. The highest BCUT2D eigenvalue weighted by Crippen LogP contribution is 2.28. The Morgan fingerprint density at radius 1 is 1.20 bits per heavy atom. The minimum absolute atomic E-state index is 0.0431. The lowest BCUT2D eigenvalue weighted by atomic mass is 9.82. The van der Waals surface area contributed by atoms with Crippen LogP contribution in [0.15, 0.2) is 29.6 Å². The molecule has 2 N–H and O–H groups in total. The fraction of sp³-hybridized carbons (Fsp3) is 0.522. The monoisotopic (exact) mass is 428 g/mol. The van der Waals surface area contributed by atoms with Gasteiger partial charge in [-0.3, -0.25) is 4.79 Å². The third-order valence-corrected chi connectivity index (χ3v) is 5.73. The van der Waals surface area contributed by atoms with Gasteiger partial charge in [-0.05, 0) is 55.0 Å². The van der Waals surface area contributed by atoms with Gasteiger partial charge < -0.3 is 10.6 Å². The topological polar surface area (TPSA) is 85.2 Å². The molecule has 0 saturated heterocycles. The van der Waals surface area contributed by atoms with Crippen molar-refractivity contribution in [1.82, 2.24) is 15.5 Å². The Bertz CT molecular complexity index is 937. The van der Waals surface area contributed by atoms with E-state index in [1.165, 1.54) is 0 Å². The Morgan fingerprint density at radius 3 is 2.47 bits per heavy atom. The Hall–Kier alpha value is -2.59. The molecule has 3 amide bonds. The Morgan fingerprint density at radius 2 is 1.87 bits per heavy atom. The number of thiophene rings is 1. The summed E-state index contributed by atoms with van der Waals surface area (Å²) in [6, 6.07) is 6.74. The smallest absolute Gasteiger partial charge is 0.315 e. The first kappa shape index (κ1) is 23.7. The van der Waals surface area contributed by atoms with Gasteiger partial charge in [-0.25, -0.2) is 9.69 Å². The molecule has 30 heavy (non-hydrogen) atoms. The van der Waals surface area contributed by atoms with Crippen molar-refractivity contribution >= 4 is 33.4 Å². The minimum Gasteiger partial charge on any atom is -0.333 e. The number of fused-ring (bicyclic) bond motifs is 1. The SMILES string of the molecule is CCN(C#N)C(=O)C(Cc1csc2ccccc12)NC(=O)NC(C)(C)CC(C)(C)C. The molecule has 162 valence electrons. The number of nitrogens with one attached hydrogen (secondary N) is 2. The summed E-state index contributed by atoms with van der Waals surface area (Å²) in [4.78, 5) is 26.8. The van der Waals surface area contributed by atoms with Crippen molar-refractivity contribution in [3.05, 3.63) is 35.2 Å². The van der Waals surface area contributed by atoms with Crippen LogP contribution in [0.4, 0.5) is 4.79 Å². The molecule has 0 aliphatic rings. The first-order valence-electron chi connectivity index (χ1n) is 10.2. The maximum atomic E-state index is 13.0. The fourth-order valence-corrected chi connectivity index (χ4v) is 4.92. The van der Waals surface area contributed by atoms with E-state index in [1.54, 1.807) is 18.3 Å². The number of amides is 3. The Kier molecular flexibility index (Phi) is 7.49. The molecule has 1 aromatic carbocycles. The lowest BCUT2D eigenvalue weighted by Gasteiger charge is -2.34. The lowest BCUT2D eigenvalue weighted by Crippen LogP contribution is -2.56. The van der Waals surface area contributed by atoms with E-state index in [4.69, 9.17) is 0 Å². The van der Waals surface area contributed by atoms with Crippen molar-refractivity contribution in [1.29, 1.82) is 5.26 Å². The first-order valence-corrected chi connectivity index (χ1v) is 11.1. The highest BCUT2D eigenvalue weighted by atomic mass is 32.1. The van der Waals surface area contributed by atoms with Crippen LogP contribution in [0.2, 0.25) is 0 Å². The van der Waals surface area contributed by atoms with Crippen LogP contribution in [0.5, 0.6) is 0 Å². The molecule has 0 fully saturated rings. The molecule has 1 heterocycles. The van der Waals surface area contributed by atoms with E-state index in [2.05, 4.69) is 31.4 Å². The van der Waals surface area contributed by atoms with Gasteiger partial charge >= 0.3 is 6.03 Å². The van der Waals surface area contributed by atoms with Crippen molar-refractivity contribution in [2.45, 2.75) is 66.0 Å². The minimum atomic E-state index is -0.826. The number of nitriles is 1. The average molecular weight is 429 g/mol. The molecule has 1 atom stereocenters. The highest BCUT2D eigenvalue weighted by molar-refractivity contribution is 7.17. The van der Waals surface area contributed by atoms with Crippen molar-refractivity contribution in [3.8, 4) is 6.19 Å². The molecular weight excluding hydrogens is 396 g/mol. The Labute approximate surface area is 183 Å². The van der Waals surface area contributed by atoms with Gasteiger partial charge in [-0.15, -0.1) is 11.3 Å². The van der Waals surface area contributed by atoms with Crippen molar-refractivity contribution in [3.63, 3.8) is 0 Å². The van der Waals surface area contributed by atoms with Crippen LogP contribution in [-0.4, -0.2) is 35.0 Å². The van der Waals surface area contributed by atoms with Gasteiger partial charge in [-0.2, -0.15) is 5.26 Å². The standard InChI is InChI=1S/C23H32N4O2S/c1-7-27(15-24)20(28)18(12-16-13-30-19-11-9-8-10-17(16)19)25-21(29)26-23(5,6)14-22(2,3)4/h8-11,13,18H,7,12,14H2,1-6H3,(H2,25,26,29). The van der Waals surface area contributed by atoms with Crippen molar-refractivity contribution < 1.29 is 9.59 Å². The third-order valence-electron chi connectivity index (χ3n) is 4.72. The number of benzene rings is 1. The molecule has 1 unspecified atom stereocenters. The van der Waals surface area contributed by atoms with Gasteiger partial charge in [0, 0.05) is 23.2 Å². The number of hydrogen-bond donors (Lipinski definition) is 2. The summed E-state index contributed by atoms with van der Waals surface area (Å²) in [7, 11) is 0. The molecule has 0 radical (unpaired) electrons. The summed E-state index contributed by atoms with van der Waals surface area (Å²) < 4.78 is 1.13. The van der Waals surface area contributed by atoms with Crippen molar-refractivity contribution in [2.24, 2.45) is 5.41 Å². The van der Waals surface area contributed by atoms with Gasteiger partial charge in [0.15, 0.2) is 6.19 Å². The number of carbonyl (C=O) groups excluding carboxylic acids is 2. The number of urea groups is 1. The molecule has 1 aromatic heterocycles. The Balaban J connectivity index is 2.22. The third kappa shape index (κ3) is 6.46. The molecule has 0 saturated carbocycles. The van der Waals surface area contributed by atoms with E-state index < -0.39 is 23.5 Å². The fourth-order valence-electron chi connectivity index (χ4n) is 3.95. The molecule has 2 aromatic rings. The summed E-state index contributed by atoms with van der Waals surface area (Å²) in [6.45, 7) is 12.3. The maximum Gasteiger partial charge on any atom is 0.315 e. The molecule has 0 aliphatic carbocycles. The van der Waals surface area contributed by atoms with Crippen LogP contribution in [0, 0.1) is 16.9 Å². The molecule has 7 heteroatoms. The summed E-state index contributed by atoms with van der Waals surface area (Å²) in [6.07, 6.45) is 3.02. The predicted molar refractivity (Wildman–Crippen MR) is 122 cm³/mol. The highest BCUT2D eigenvalue weighted by Gasteiger charge is 2.30. The average Bonchev–Trinajstić information content (AvgIpc) is 3.02. The first-order chi connectivity index (χ1) is 14.0. The van der Waals surface area contributed by atoms with Crippen LogP contribution in [-0.2, 0) is 11.2 Å². The van der Waals surface area contributed by atoms with E-state index in [0.29, 0.717) is 6.42 Å². The van der Waals surface area contributed by atoms with Crippen LogP contribution < -0.4 is 10.6 Å². The molecule has 0 aliphatic heterocycles. The zero-order valence-corrected chi connectivity index (χ0v) is 19.5. The zero-order valence-electron chi connectivity index (χ0n) is 18.7. The molecular formula is C23H32N4O2S. The molecule has 6 nitrogen and oxygen atoms in total. The van der Waals surface area contributed by atoms with E-state index in [1.807, 2.05) is 49.7 Å². The van der Waals surface area contributed by atoms with Gasteiger partial charge in [0.1, 0.15) is 6.04 Å². The number of hydrogen-bond acceptors (Lipinski definition) is 4. The van der Waals surface area contributed by atoms with Gasteiger partial charge in [-0.1, -0.05) is 39.0 Å². The quantitative estimate of drug-likeness (QED) is 0.497. The number of rotatable bonds is 7. The number of nitrogens with zero attached hydrogens (tertiary/aromatic N) is 2. The van der Waals surface area contributed by atoms with Crippen molar-refractivity contribution in [2.75, 3.05) is 6.54 Å². The van der Waals surface area contributed by atoms with Crippen LogP contribution in [0.1, 0.15) is 53.5 Å². The van der Waals surface area contributed by atoms with Gasteiger partial charge in [0.2, 0.25) is 0 Å². The van der Waals surface area contributed by atoms with Crippen LogP contribution in [0.25, 0.3) is 10.1 Å². The molecule has 0 bridgehead atoms. The second-order valence-electron chi connectivity index (χ2n) is 9.42. The summed E-state index contributed by atoms with van der Waals surface area (Å²) in [5.74, 6) is -0.404. The second kappa shape index (κ2) is 9.48. The van der Waals surface area contributed by atoms with E-state index in [9.17, 15) is 14.9 Å². The summed E-state index contributed by atoms with van der Waals surface area (Å²) in [5, 5.41) is 18.2. The summed E-state index contributed by atoms with van der Waals surface area (Å²) in [5.41, 5.74) is 0.587. The molecule has 2 rings (SSSR count). The van der Waals surface area contributed by atoms with Crippen LogP contribution in [0.3, 0.4) is 0 Å². The number of carbonyl (C=O) groups is 2. The maximum absolute atomic E-state index is 13.0.